The van der Waals surface area contributed by atoms with E-state index in [1.165, 1.54) is 0 Å². The summed E-state index contributed by atoms with van der Waals surface area (Å²) >= 11 is 0. The Labute approximate surface area is 227 Å². The van der Waals surface area contributed by atoms with Crippen molar-refractivity contribution < 1.29 is 76.6 Å². The average molecular weight is 573 g/mol. The SMILES string of the molecule is CC1(C)OC(CO)[C@H](COC[C@@H]2OC(CO)[C@H](COC[C@@H]3OC(CO)[C@H](O)[C@H](O)C3[NH3+])[C@H](O)C2[NH3+])[C@H](O)C1[NH3+]. The Hall–Kier alpha value is -0.600. The van der Waals surface area contributed by atoms with Gasteiger partial charge in [0.1, 0.15) is 66.5 Å². The lowest BCUT2D eigenvalue weighted by molar-refractivity contribution is -0.492. The molecule has 0 aromatic rings. The summed E-state index contributed by atoms with van der Waals surface area (Å²) in [6.07, 6.45) is -8.02. The van der Waals surface area contributed by atoms with E-state index in [0.717, 1.165) is 0 Å². The average Bonchev–Trinajstić information content (AvgIpc) is 2.91. The summed E-state index contributed by atoms with van der Waals surface area (Å²) in [5.74, 6) is -1.13. The topological polar surface area (TPSA) is 271 Å². The van der Waals surface area contributed by atoms with E-state index < -0.39 is 97.1 Å². The first-order valence-corrected chi connectivity index (χ1v) is 13.6. The Morgan fingerprint density at radius 3 is 1.56 bits per heavy atom. The van der Waals surface area contributed by atoms with Crippen LogP contribution in [0.5, 0.6) is 0 Å². The number of hydrogen-bond donors (Lipinski definition) is 10. The van der Waals surface area contributed by atoms with Crippen LogP contribution < -0.4 is 17.2 Å². The van der Waals surface area contributed by atoms with Gasteiger partial charge in [0.15, 0.2) is 0 Å². The van der Waals surface area contributed by atoms with Crippen molar-refractivity contribution in [1.29, 1.82) is 0 Å². The molecule has 0 aromatic carbocycles. The second-order valence-electron chi connectivity index (χ2n) is 11.5. The molecule has 0 spiro atoms. The van der Waals surface area contributed by atoms with Crippen molar-refractivity contribution in [2.24, 2.45) is 11.8 Å². The van der Waals surface area contributed by atoms with Gasteiger partial charge in [-0.1, -0.05) is 0 Å². The highest BCUT2D eigenvalue weighted by Crippen LogP contribution is 2.32. The predicted octanol–water partition coefficient (Wildman–Crippen LogP) is -7.78. The lowest BCUT2D eigenvalue weighted by Crippen LogP contribution is -2.80. The summed E-state index contributed by atoms with van der Waals surface area (Å²) < 4.78 is 29.1. The van der Waals surface area contributed by atoms with Gasteiger partial charge in [0, 0.05) is 11.8 Å². The number of quaternary nitrogens is 3. The highest BCUT2D eigenvalue weighted by Gasteiger charge is 2.51. The van der Waals surface area contributed by atoms with E-state index in [1.807, 2.05) is 13.8 Å². The van der Waals surface area contributed by atoms with Crippen molar-refractivity contribution in [1.82, 2.24) is 0 Å². The fourth-order valence-electron chi connectivity index (χ4n) is 5.66. The van der Waals surface area contributed by atoms with Gasteiger partial charge in [0.05, 0.1) is 58.5 Å². The third-order valence-electron chi connectivity index (χ3n) is 8.58. The summed E-state index contributed by atoms with van der Waals surface area (Å²) in [7, 11) is 0. The number of ether oxygens (including phenoxy) is 5. The molecule has 0 bridgehead atoms. The van der Waals surface area contributed by atoms with Gasteiger partial charge in [0.2, 0.25) is 0 Å². The molecule has 15 heteroatoms. The first kappa shape index (κ1) is 32.9. The second kappa shape index (κ2) is 14.0. The van der Waals surface area contributed by atoms with Gasteiger partial charge in [0.25, 0.3) is 0 Å². The van der Waals surface area contributed by atoms with Crippen LogP contribution in [0.25, 0.3) is 0 Å². The summed E-state index contributed by atoms with van der Waals surface area (Å²) in [5, 5.41) is 71.0. The summed E-state index contributed by atoms with van der Waals surface area (Å²) in [4.78, 5) is 0. The zero-order valence-electron chi connectivity index (χ0n) is 22.8. The molecule has 3 heterocycles. The lowest BCUT2D eigenvalue weighted by atomic mass is 9.80. The van der Waals surface area contributed by atoms with E-state index >= 15 is 0 Å². The van der Waals surface area contributed by atoms with Gasteiger partial charge in [-0.15, -0.1) is 0 Å². The first-order valence-electron chi connectivity index (χ1n) is 13.6. The zero-order chi connectivity index (χ0) is 29.1. The molecule has 3 fully saturated rings. The Balaban J connectivity index is 1.51. The van der Waals surface area contributed by atoms with Crippen LogP contribution in [0.3, 0.4) is 0 Å². The highest BCUT2D eigenvalue weighted by molar-refractivity contribution is 4.97. The molecule has 0 radical (unpaired) electrons. The summed E-state index contributed by atoms with van der Waals surface area (Å²) in [6, 6.07) is -1.75. The van der Waals surface area contributed by atoms with Crippen LogP contribution >= 0.6 is 0 Å². The number of hydrogen-bond acceptors (Lipinski definition) is 12. The van der Waals surface area contributed by atoms with Gasteiger partial charge in [-0.05, 0) is 13.8 Å². The Morgan fingerprint density at radius 1 is 0.590 bits per heavy atom. The summed E-state index contributed by atoms with van der Waals surface area (Å²) in [5.41, 5.74) is 11.2. The van der Waals surface area contributed by atoms with E-state index in [0.29, 0.717) is 0 Å². The molecular formula is C24H50N3O12+3. The van der Waals surface area contributed by atoms with Crippen LogP contribution in [0.2, 0.25) is 0 Å². The molecule has 230 valence electrons. The largest absolute Gasteiger partial charge is 0.394 e. The number of aliphatic hydroxyl groups is 7. The molecule has 16 N–H and O–H groups in total. The fourth-order valence-corrected chi connectivity index (χ4v) is 5.66. The minimum Gasteiger partial charge on any atom is -0.394 e. The maximum Gasteiger partial charge on any atom is 0.142 e. The van der Waals surface area contributed by atoms with Crippen molar-refractivity contribution in [3.63, 3.8) is 0 Å². The van der Waals surface area contributed by atoms with Gasteiger partial charge in [-0.25, -0.2) is 0 Å². The van der Waals surface area contributed by atoms with Gasteiger partial charge >= 0.3 is 0 Å². The normalized spacial score (nSPS) is 46.8. The van der Waals surface area contributed by atoms with Gasteiger partial charge < -0.3 is 76.6 Å². The molecule has 15 nitrogen and oxygen atoms in total. The zero-order valence-corrected chi connectivity index (χ0v) is 22.8. The van der Waals surface area contributed by atoms with Crippen LogP contribution in [0, 0.1) is 11.8 Å². The van der Waals surface area contributed by atoms with E-state index in [2.05, 4.69) is 17.2 Å². The van der Waals surface area contributed by atoms with Crippen molar-refractivity contribution in [2.45, 2.75) is 92.5 Å². The van der Waals surface area contributed by atoms with Crippen molar-refractivity contribution in [2.75, 3.05) is 46.2 Å². The number of rotatable bonds is 11. The fraction of sp³-hybridized carbons (Fsp3) is 1.00. The molecule has 0 aromatic heterocycles. The molecule has 39 heavy (non-hydrogen) atoms. The maximum absolute atomic E-state index is 11.0. The maximum atomic E-state index is 11.0. The summed E-state index contributed by atoms with van der Waals surface area (Å²) in [6.45, 7) is 2.55. The molecular weight excluding hydrogens is 522 g/mol. The Bertz CT molecular complexity index is 747. The quantitative estimate of drug-likeness (QED) is 0.111. The second-order valence-corrected chi connectivity index (χ2v) is 11.5. The third-order valence-corrected chi connectivity index (χ3v) is 8.58. The minimum absolute atomic E-state index is 0.00846. The van der Waals surface area contributed by atoms with Gasteiger partial charge in [-0.2, -0.15) is 0 Å². The monoisotopic (exact) mass is 572 g/mol. The predicted molar refractivity (Wildman–Crippen MR) is 130 cm³/mol. The van der Waals surface area contributed by atoms with Crippen molar-refractivity contribution in [3.05, 3.63) is 0 Å². The highest BCUT2D eigenvalue weighted by atomic mass is 16.6. The standard InChI is InChI=1S/C24H47N3O12/c1-24(2)23(27)20(32)11(13(4-29)39-24)7-36-8-15-17(25)19(31)10(12(3-28)37-15)6-35-9-16-18(26)22(34)21(33)14(5-30)38-16/h10-23,28-34H,3-9,25-27H2,1-2H3/p+3/t10-,11-,12?,13?,14?,15-,16-,17?,18?,19-,20-,21-,22+,23?/m0/s1. The van der Waals surface area contributed by atoms with Crippen molar-refractivity contribution in [3.8, 4) is 0 Å². The molecule has 3 aliphatic heterocycles. The lowest BCUT2D eigenvalue weighted by Gasteiger charge is -2.45. The third kappa shape index (κ3) is 7.25. The Kier molecular flexibility index (Phi) is 11.9. The van der Waals surface area contributed by atoms with Crippen LogP contribution in [-0.2, 0) is 23.7 Å². The molecule has 0 aliphatic carbocycles. The van der Waals surface area contributed by atoms with Crippen molar-refractivity contribution >= 4 is 0 Å². The van der Waals surface area contributed by atoms with E-state index in [-0.39, 0.29) is 39.6 Å². The molecule has 6 unspecified atom stereocenters. The van der Waals surface area contributed by atoms with E-state index in [9.17, 15) is 35.7 Å². The first-order chi connectivity index (χ1) is 18.4. The van der Waals surface area contributed by atoms with Crippen LogP contribution in [0.15, 0.2) is 0 Å². The molecule has 0 saturated carbocycles. The molecule has 0 amide bonds. The molecule has 3 aliphatic rings. The van der Waals surface area contributed by atoms with Crippen LogP contribution in [0.1, 0.15) is 13.8 Å². The van der Waals surface area contributed by atoms with Gasteiger partial charge in [-0.3, -0.25) is 0 Å². The van der Waals surface area contributed by atoms with Crippen LogP contribution in [0.4, 0.5) is 0 Å². The minimum atomic E-state index is -1.26. The van der Waals surface area contributed by atoms with E-state index in [1.54, 1.807) is 0 Å². The smallest absolute Gasteiger partial charge is 0.142 e. The molecule has 3 rings (SSSR count). The molecule has 14 atom stereocenters. The number of aliphatic hydroxyl groups excluding tert-OH is 7. The van der Waals surface area contributed by atoms with Crippen LogP contribution in [-0.4, -0.2) is 161 Å². The molecule has 3 saturated heterocycles. The Morgan fingerprint density at radius 2 is 1.05 bits per heavy atom. The van der Waals surface area contributed by atoms with E-state index in [4.69, 9.17) is 23.7 Å².